The Labute approximate surface area is 162 Å². The standard InChI is InChI=1S/C20H22FN5O2/c1-3-8-22-20(28)25-15-9-16-17(12-26(2)18(16)23-11-15)19(27)24-10-13-4-6-14(21)7-5-13/h4-7,9,11-12H,3,8,10H2,1-2H3,(H,24,27)(H2,22,25,28). The minimum absolute atomic E-state index is 0.274. The highest BCUT2D eigenvalue weighted by Crippen LogP contribution is 2.22. The van der Waals surface area contributed by atoms with Gasteiger partial charge in [0.05, 0.1) is 17.4 Å². The number of carbonyl (C=O) groups excluding carboxylic acids is 2. The molecule has 3 amide bonds. The molecule has 2 heterocycles. The summed E-state index contributed by atoms with van der Waals surface area (Å²) in [5.74, 6) is -0.595. The minimum atomic E-state index is -0.321. The molecule has 0 bridgehead atoms. The van der Waals surface area contributed by atoms with E-state index in [2.05, 4.69) is 20.9 Å². The molecule has 0 aliphatic carbocycles. The molecule has 0 saturated carbocycles. The number of nitrogens with one attached hydrogen (secondary N) is 3. The Morgan fingerprint density at radius 3 is 2.64 bits per heavy atom. The van der Waals surface area contributed by atoms with Gasteiger partial charge in [0, 0.05) is 31.7 Å². The number of aryl methyl sites for hydroxylation is 1. The van der Waals surface area contributed by atoms with Crippen LogP contribution in [0.3, 0.4) is 0 Å². The van der Waals surface area contributed by atoms with Gasteiger partial charge >= 0.3 is 6.03 Å². The second kappa shape index (κ2) is 8.51. The van der Waals surface area contributed by atoms with Crippen LogP contribution in [0.2, 0.25) is 0 Å². The van der Waals surface area contributed by atoms with Gasteiger partial charge in [-0.1, -0.05) is 19.1 Å². The first-order valence-corrected chi connectivity index (χ1v) is 9.00. The SMILES string of the molecule is CCCNC(=O)Nc1cnc2c(c1)c(C(=O)NCc1ccc(F)cc1)cn2C. The maximum Gasteiger partial charge on any atom is 0.319 e. The summed E-state index contributed by atoms with van der Waals surface area (Å²) in [6.07, 6.45) is 4.08. The zero-order chi connectivity index (χ0) is 20.1. The summed E-state index contributed by atoms with van der Waals surface area (Å²) in [7, 11) is 1.80. The van der Waals surface area contributed by atoms with Crippen LogP contribution in [-0.2, 0) is 13.6 Å². The second-order valence-electron chi connectivity index (χ2n) is 6.44. The average Bonchev–Trinajstić information content (AvgIpc) is 3.02. The Morgan fingerprint density at radius 1 is 1.18 bits per heavy atom. The van der Waals surface area contributed by atoms with Crippen LogP contribution in [0.5, 0.6) is 0 Å². The van der Waals surface area contributed by atoms with Crippen molar-refractivity contribution < 1.29 is 14.0 Å². The highest BCUT2D eigenvalue weighted by Gasteiger charge is 2.16. The number of urea groups is 1. The molecular formula is C20H22FN5O2. The summed E-state index contributed by atoms with van der Waals surface area (Å²) in [6.45, 7) is 2.82. The maximum atomic E-state index is 13.0. The van der Waals surface area contributed by atoms with Gasteiger partial charge in [-0.15, -0.1) is 0 Å². The van der Waals surface area contributed by atoms with Crippen molar-refractivity contribution >= 4 is 28.7 Å². The molecule has 0 radical (unpaired) electrons. The van der Waals surface area contributed by atoms with Gasteiger partial charge < -0.3 is 20.5 Å². The van der Waals surface area contributed by atoms with Crippen LogP contribution < -0.4 is 16.0 Å². The van der Waals surface area contributed by atoms with E-state index in [4.69, 9.17) is 0 Å². The zero-order valence-corrected chi connectivity index (χ0v) is 15.8. The number of aromatic nitrogens is 2. The molecule has 7 nitrogen and oxygen atoms in total. The summed E-state index contributed by atoms with van der Waals surface area (Å²) >= 11 is 0. The van der Waals surface area contributed by atoms with Crippen molar-refractivity contribution in [3.63, 3.8) is 0 Å². The van der Waals surface area contributed by atoms with Gasteiger partial charge in [-0.25, -0.2) is 14.2 Å². The lowest BCUT2D eigenvalue weighted by Gasteiger charge is -2.07. The van der Waals surface area contributed by atoms with Gasteiger partial charge in [-0.2, -0.15) is 0 Å². The highest BCUT2D eigenvalue weighted by atomic mass is 19.1. The summed E-state index contributed by atoms with van der Waals surface area (Å²) in [6, 6.07) is 7.35. The molecular weight excluding hydrogens is 361 g/mol. The number of hydrogen-bond acceptors (Lipinski definition) is 3. The average molecular weight is 383 g/mol. The number of fused-ring (bicyclic) bond motifs is 1. The normalized spacial score (nSPS) is 10.7. The third-order valence-electron chi connectivity index (χ3n) is 4.22. The van der Waals surface area contributed by atoms with Crippen molar-refractivity contribution in [3.05, 3.63) is 59.7 Å². The van der Waals surface area contributed by atoms with E-state index in [-0.39, 0.29) is 24.3 Å². The molecule has 0 fully saturated rings. The quantitative estimate of drug-likeness (QED) is 0.611. The predicted octanol–water partition coefficient (Wildman–Crippen LogP) is 3.17. The van der Waals surface area contributed by atoms with Crippen molar-refractivity contribution in [2.75, 3.05) is 11.9 Å². The van der Waals surface area contributed by atoms with Gasteiger partial charge in [-0.05, 0) is 30.2 Å². The van der Waals surface area contributed by atoms with Crippen molar-refractivity contribution in [1.82, 2.24) is 20.2 Å². The van der Waals surface area contributed by atoms with Crippen LogP contribution in [0.4, 0.5) is 14.9 Å². The van der Waals surface area contributed by atoms with Crippen LogP contribution in [0.1, 0.15) is 29.3 Å². The Kier molecular flexibility index (Phi) is 5.88. The molecule has 8 heteroatoms. The molecule has 0 aliphatic heterocycles. The van der Waals surface area contributed by atoms with Crippen LogP contribution >= 0.6 is 0 Å². The van der Waals surface area contributed by atoms with E-state index in [9.17, 15) is 14.0 Å². The smallest absolute Gasteiger partial charge is 0.319 e. The molecule has 3 aromatic rings. The fraction of sp³-hybridized carbons (Fsp3) is 0.250. The van der Waals surface area contributed by atoms with Crippen molar-refractivity contribution in [2.24, 2.45) is 7.05 Å². The molecule has 0 atom stereocenters. The highest BCUT2D eigenvalue weighted by molar-refractivity contribution is 6.07. The van der Waals surface area contributed by atoms with E-state index in [0.717, 1.165) is 12.0 Å². The lowest BCUT2D eigenvalue weighted by atomic mass is 10.2. The third kappa shape index (κ3) is 4.46. The topological polar surface area (TPSA) is 88.1 Å². The fourth-order valence-corrected chi connectivity index (χ4v) is 2.80. The molecule has 0 spiro atoms. The number of hydrogen-bond donors (Lipinski definition) is 3. The molecule has 1 aromatic carbocycles. The lowest BCUT2D eigenvalue weighted by Crippen LogP contribution is -2.29. The number of nitrogens with zero attached hydrogens (tertiary/aromatic N) is 2. The maximum absolute atomic E-state index is 13.0. The minimum Gasteiger partial charge on any atom is -0.348 e. The van der Waals surface area contributed by atoms with Gasteiger partial charge in [0.25, 0.3) is 5.91 Å². The molecule has 28 heavy (non-hydrogen) atoms. The van der Waals surface area contributed by atoms with Crippen LogP contribution in [0.25, 0.3) is 11.0 Å². The Bertz CT molecular complexity index is 998. The number of anilines is 1. The van der Waals surface area contributed by atoms with E-state index >= 15 is 0 Å². The van der Waals surface area contributed by atoms with Crippen LogP contribution in [0.15, 0.2) is 42.7 Å². The largest absolute Gasteiger partial charge is 0.348 e. The number of pyridine rings is 1. The Balaban J connectivity index is 1.77. The van der Waals surface area contributed by atoms with Crippen molar-refractivity contribution in [2.45, 2.75) is 19.9 Å². The van der Waals surface area contributed by atoms with E-state index in [1.807, 2.05) is 6.92 Å². The van der Waals surface area contributed by atoms with Crippen LogP contribution in [-0.4, -0.2) is 28.0 Å². The Hall–Kier alpha value is -3.42. The van der Waals surface area contributed by atoms with E-state index in [0.29, 0.717) is 28.8 Å². The third-order valence-corrected chi connectivity index (χ3v) is 4.22. The number of carbonyl (C=O) groups is 2. The van der Waals surface area contributed by atoms with Gasteiger partial charge in [-0.3, -0.25) is 4.79 Å². The van der Waals surface area contributed by atoms with Crippen molar-refractivity contribution in [1.29, 1.82) is 0 Å². The van der Waals surface area contributed by atoms with Gasteiger partial charge in [0.15, 0.2) is 0 Å². The van der Waals surface area contributed by atoms with Gasteiger partial charge in [0.2, 0.25) is 0 Å². The molecule has 0 saturated heterocycles. The molecule has 0 unspecified atom stereocenters. The lowest BCUT2D eigenvalue weighted by molar-refractivity contribution is 0.0952. The van der Waals surface area contributed by atoms with Crippen molar-refractivity contribution in [3.8, 4) is 0 Å². The second-order valence-corrected chi connectivity index (χ2v) is 6.44. The molecule has 2 aromatic heterocycles. The zero-order valence-electron chi connectivity index (χ0n) is 15.8. The first-order valence-electron chi connectivity index (χ1n) is 9.00. The number of rotatable bonds is 6. The van der Waals surface area contributed by atoms with E-state index in [1.165, 1.54) is 12.1 Å². The summed E-state index contributed by atoms with van der Waals surface area (Å²) in [4.78, 5) is 28.9. The summed E-state index contributed by atoms with van der Waals surface area (Å²) in [5, 5.41) is 8.90. The molecule has 3 rings (SSSR count). The molecule has 146 valence electrons. The monoisotopic (exact) mass is 383 g/mol. The Morgan fingerprint density at radius 2 is 1.93 bits per heavy atom. The number of benzene rings is 1. The van der Waals surface area contributed by atoms with E-state index < -0.39 is 0 Å². The summed E-state index contributed by atoms with van der Waals surface area (Å²) < 4.78 is 14.7. The van der Waals surface area contributed by atoms with Gasteiger partial charge in [0.1, 0.15) is 11.5 Å². The predicted molar refractivity (Wildman–Crippen MR) is 106 cm³/mol. The number of halogens is 1. The van der Waals surface area contributed by atoms with Crippen LogP contribution in [0, 0.1) is 5.82 Å². The molecule has 3 N–H and O–H groups in total. The first-order chi connectivity index (χ1) is 13.5. The molecule has 0 aliphatic rings. The summed E-state index contributed by atoms with van der Waals surface area (Å²) in [5.41, 5.74) is 2.37. The first kappa shape index (κ1) is 19.3. The van der Waals surface area contributed by atoms with E-state index in [1.54, 1.807) is 42.2 Å². The fourth-order valence-electron chi connectivity index (χ4n) is 2.80. The number of amides is 3.